The van der Waals surface area contributed by atoms with Gasteiger partial charge in [-0.05, 0) is 35.9 Å². The van der Waals surface area contributed by atoms with Crippen LogP contribution in [0.5, 0.6) is 0 Å². The van der Waals surface area contributed by atoms with Crippen LogP contribution in [-0.4, -0.2) is 16.9 Å². The number of carbonyl (C=O) groups is 2. The van der Waals surface area contributed by atoms with Gasteiger partial charge in [0.05, 0.1) is 14.8 Å². The van der Waals surface area contributed by atoms with Gasteiger partial charge in [0.1, 0.15) is 0 Å². The van der Waals surface area contributed by atoms with Crippen molar-refractivity contribution in [2.45, 2.75) is 0 Å². The van der Waals surface area contributed by atoms with Gasteiger partial charge >= 0.3 is 5.97 Å². The van der Waals surface area contributed by atoms with Crippen molar-refractivity contribution in [1.29, 1.82) is 0 Å². The van der Waals surface area contributed by atoms with Crippen molar-refractivity contribution in [2.24, 2.45) is 0 Å². The number of carbonyl (C=O) groups excluding carboxylic acids is 1. The number of thiophene rings is 1. The Kier molecular flexibility index (Phi) is 4.14. The number of hydrogen-bond acceptors (Lipinski definition) is 3. The number of halogens is 1. The summed E-state index contributed by atoms with van der Waals surface area (Å²) in [4.78, 5) is 23.0. The predicted octanol–water partition coefficient (Wildman–Crippen LogP) is 4.00. The summed E-state index contributed by atoms with van der Waals surface area (Å²) >= 11 is 6.98. The smallest absolute Gasteiger partial charge is 0.335 e. The van der Waals surface area contributed by atoms with E-state index in [0.29, 0.717) is 9.21 Å². The standard InChI is InChI=1S/C14H9ClO3S/c15-13-8-7-12(19-13)11(16)6-3-9-1-4-10(5-2-9)14(17)18/h1-8H,(H,17,18)/b6-3+. The van der Waals surface area contributed by atoms with Gasteiger partial charge in [-0.25, -0.2) is 4.79 Å². The molecule has 0 aliphatic carbocycles. The molecule has 0 atom stereocenters. The molecule has 3 nitrogen and oxygen atoms in total. The van der Waals surface area contributed by atoms with Gasteiger partial charge in [-0.1, -0.05) is 29.8 Å². The summed E-state index contributed by atoms with van der Waals surface area (Å²) in [6, 6.07) is 9.63. The van der Waals surface area contributed by atoms with Crippen molar-refractivity contribution in [3.8, 4) is 0 Å². The van der Waals surface area contributed by atoms with E-state index in [1.54, 1.807) is 30.3 Å². The Hall–Kier alpha value is -1.91. The number of carboxylic acids is 1. The number of aromatic carboxylic acids is 1. The van der Waals surface area contributed by atoms with Gasteiger partial charge in [0.2, 0.25) is 0 Å². The maximum Gasteiger partial charge on any atom is 0.335 e. The normalized spacial score (nSPS) is 10.8. The molecule has 0 bridgehead atoms. The molecule has 0 amide bonds. The number of ketones is 1. The third-order valence-corrected chi connectivity index (χ3v) is 3.65. The van der Waals surface area contributed by atoms with Crippen LogP contribution in [0.2, 0.25) is 4.34 Å². The van der Waals surface area contributed by atoms with Crippen molar-refractivity contribution in [3.05, 3.63) is 62.8 Å². The van der Waals surface area contributed by atoms with Crippen LogP contribution < -0.4 is 0 Å². The molecule has 1 N–H and O–H groups in total. The van der Waals surface area contributed by atoms with Crippen LogP contribution in [0, 0.1) is 0 Å². The third kappa shape index (κ3) is 3.53. The van der Waals surface area contributed by atoms with Gasteiger partial charge in [-0.15, -0.1) is 11.3 Å². The second-order valence-corrected chi connectivity index (χ2v) is 5.44. The van der Waals surface area contributed by atoms with Crippen LogP contribution in [0.25, 0.3) is 6.08 Å². The van der Waals surface area contributed by atoms with Crippen molar-refractivity contribution < 1.29 is 14.7 Å². The van der Waals surface area contributed by atoms with Gasteiger partial charge in [-0.3, -0.25) is 4.79 Å². The summed E-state index contributed by atoms with van der Waals surface area (Å²) < 4.78 is 0.572. The largest absolute Gasteiger partial charge is 0.478 e. The quantitative estimate of drug-likeness (QED) is 0.684. The zero-order valence-corrected chi connectivity index (χ0v) is 11.2. The zero-order valence-electron chi connectivity index (χ0n) is 9.67. The Bertz CT molecular complexity index is 641. The summed E-state index contributed by atoms with van der Waals surface area (Å²) in [5, 5.41) is 8.76. The van der Waals surface area contributed by atoms with Gasteiger partial charge in [-0.2, -0.15) is 0 Å². The van der Waals surface area contributed by atoms with Crippen LogP contribution in [-0.2, 0) is 0 Å². The van der Waals surface area contributed by atoms with E-state index in [1.807, 2.05) is 0 Å². The molecule has 96 valence electrons. The highest BCUT2D eigenvalue weighted by Gasteiger charge is 2.05. The second-order valence-electron chi connectivity index (χ2n) is 3.73. The van der Waals surface area contributed by atoms with E-state index >= 15 is 0 Å². The summed E-state index contributed by atoms with van der Waals surface area (Å²) in [5.74, 6) is -1.10. The number of allylic oxidation sites excluding steroid dienone is 1. The summed E-state index contributed by atoms with van der Waals surface area (Å²) in [6.45, 7) is 0. The minimum Gasteiger partial charge on any atom is -0.478 e. The van der Waals surface area contributed by atoms with Crippen LogP contribution in [0.1, 0.15) is 25.6 Å². The van der Waals surface area contributed by atoms with Gasteiger partial charge in [0.15, 0.2) is 5.78 Å². The SMILES string of the molecule is O=C(O)c1ccc(/C=C/C(=O)c2ccc(Cl)s2)cc1. The number of rotatable bonds is 4. The molecular formula is C14H9ClO3S. The molecule has 1 aromatic carbocycles. The fraction of sp³-hybridized carbons (Fsp3) is 0. The molecule has 19 heavy (non-hydrogen) atoms. The molecule has 1 heterocycles. The Morgan fingerprint density at radius 1 is 1.11 bits per heavy atom. The molecule has 0 aliphatic heterocycles. The molecule has 2 rings (SSSR count). The molecule has 2 aromatic rings. The Labute approximate surface area is 118 Å². The van der Waals surface area contributed by atoms with Gasteiger partial charge in [0, 0.05) is 0 Å². The molecule has 0 radical (unpaired) electrons. The Morgan fingerprint density at radius 3 is 2.32 bits per heavy atom. The second kappa shape index (κ2) is 5.82. The van der Waals surface area contributed by atoms with Crippen molar-refractivity contribution >= 4 is 40.8 Å². The minimum atomic E-state index is -0.972. The predicted molar refractivity (Wildman–Crippen MR) is 76.1 cm³/mol. The van der Waals surface area contributed by atoms with E-state index in [0.717, 1.165) is 5.56 Å². The lowest BCUT2D eigenvalue weighted by Gasteiger charge is -1.95. The highest BCUT2D eigenvalue weighted by Crippen LogP contribution is 2.22. The maximum atomic E-state index is 11.8. The average Bonchev–Trinajstić information content (AvgIpc) is 2.83. The molecule has 1 aromatic heterocycles. The summed E-state index contributed by atoms with van der Waals surface area (Å²) in [5.41, 5.74) is 0.981. The maximum absolute atomic E-state index is 11.8. The fourth-order valence-electron chi connectivity index (χ4n) is 1.44. The van der Waals surface area contributed by atoms with Crippen LogP contribution in [0.3, 0.4) is 0 Å². The summed E-state index contributed by atoms with van der Waals surface area (Å²) in [6.07, 6.45) is 3.08. The number of benzene rings is 1. The first-order valence-electron chi connectivity index (χ1n) is 5.37. The Balaban J connectivity index is 2.10. The first kappa shape index (κ1) is 13.5. The minimum absolute atomic E-state index is 0.126. The molecule has 0 aliphatic rings. The van der Waals surface area contributed by atoms with E-state index in [-0.39, 0.29) is 11.3 Å². The Morgan fingerprint density at radius 2 is 1.79 bits per heavy atom. The number of carboxylic acid groups (broad SMARTS) is 1. The van der Waals surface area contributed by atoms with Crippen molar-refractivity contribution in [1.82, 2.24) is 0 Å². The molecule has 0 spiro atoms. The zero-order chi connectivity index (χ0) is 13.8. The third-order valence-electron chi connectivity index (χ3n) is 2.40. The van der Waals surface area contributed by atoms with E-state index < -0.39 is 5.97 Å². The highest BCUT2D eigenvalue weighted by molar-refractivity contribution is 7.18. The average molecular weight is 293 g/mol. The molecular weight excluding hydrogens is 284 g/mol. The lowest BCUT2D eigenvalue weighted by molar-refractivity contribution is 0.0696. The van der Waals surface area contributed by atoms with E-state index in [2.05, 4.69) is 0 Å². The molecule has 0 saturated carbocycles. The molecule has 0 unspecified atom stereocenters. The topological polar surface area (TPSA) is 54.4 Å². The first-order valence-corrected chi connectivity index (χ1v) is 6.57. The molecule has 5 heteroatoms. The van der Waals surface area contributed by atoms with E-state index in [4.69, 9.17) is 16.7 Å². The van der Waals surface area contributed by atoms with Crippen LogP contribution >= 0.6 is 22.9 Å². The van der Waals surface area contributed by atoms with E-state index in [1.165, 1.54) is 29.5 Å². The van der Waals surface area contributed by atoms with Gasteiger partial charge in [0.25, 0.3) is 0 Å². The van der Waals surface area contributed by atoms with Crippen molar-refractivity contribution in [2.75, 3.05) is 0 Å². The van der Waals surface area contributed by atoms with E-state index in [9.17, 15) is 9.59 Å². The van der Waals surface area contributed by atoms with Gasteiger partial charge < -0.3 is 5.11 Å². The van der Waals surface area contributed by atoms with Crippen LogP contribution in [0.4, 0.5) is 0 Å². The van der Waals surface area contributed by atoms with Crippen molar-refractivity contribution in [3.63, 3.8) is 0 Å². The highest BCUT2D eigenvalue weighted by atomic mass is 35.5. The lowest BCUT2D eigenvalue weighted by atomic mass is 10.1. The number of hydrogen-bond donors (Lipinski definition) is 1. The summed E-state index contributed by atoms with van der Waals surface area (Å²) in [7, 11) is 0. The molecule has 0 fully saturated rings. The monoisotopic (exact) mass is 292 g/mol. The first-order chi connectivity index (χ1) is 9.06. The van der Waals surface area contributed by atoms with Crippen LogP contribution in [0.15, 0.2) is 42.5 Å². The molecule has 0 saturated heterocycles. The fourth-order valence-corrected chi connectivity index (χ4v) is 2.40. The lowest BCUT2D eigenvalue weighted by Crippen LogP contribution is -1.95.